The van der Waals surface area contributed by atoms with E-state index in [-0.39, 0.29) is 22.3 Å². The first kappa shape index (κ1) is 19.0. The van der Waals surface area contributed by atoms with Crippen molar-refractivity contribution in [2.75, 3.05) is 0 Å². The van der Waals surface area contributed by atoms with Gasteiger partial charge in [0.1, 0.15) is 0 Å². The highest BCUT2D eigenvalue weighted by molar-refractivity contribution is 7.99. The van der Waals surface area contributed by atoms with Crippen LogP contribution in [0.5, 0.6) is 5.88 Å². The third kappa shape index (κ3) is 4.58. The van der Waals surface area contributed by atoms with Crippen LogP contribution in [0.3, 0.4) is 0 Å². The molecule has 4 aromatic rings. The monoisotopic (exact) mass is 400 g/mol. The number of H-pyrrole nitrogens is 1. The summed E-state index contributed by atoms with van der Waals surface area (Å²) in [5.41, 5.74) is 3.10. The normalized spacial score (nSPS) is 10.9. The van der Waals surface area contributed by atoms with E-state index in [0.29, 0.717) is 11.6 Å². The first-order valence-corrected chi connectivity index (χ1v) is 10.2. The number of hydrogen-bond acceptors (Lipinski definition) is 4. The van der Waals surface area contributed by atoms with Gasteiger partial charge in [-0.2, -0.15) is 4.98 Å². The van der Waals surface area contributed by atoms with Crippen LogP contribution >= 0.6 is 11.8 Å². The van der Waals surface area contributed by atoms with E-state index in [0.717, 1.165) is 16.7 Å². The molecule has 1 heterocycles. The summed E-state index contributed by atoms with van der Waals surface area (Å²) in [5, 5.41) is 10.8. The zero-order chi connectivity index (χ0) is 20.1. The standard InChI is InChI=1S/C24H20N2O2S/c27-22-20(16-17-10-4-1-5-11-17)23(28)26-24(25-22)29-21(18-12-6-2-7-13-18)19-14-8-3-9-15-19/h1-15,21H,16H2,(H2,25,26,27,28). The molecule has 4 rings (SSSR count). The number of hydrogen-bond donors (Lipinski definition) is 2. The minimum absolute atomic E-state index is 0.0556. The molecule has 0 saturated carbocycles. The lowest BCUT2D eigenvalue weighted by molar-refractivity contribution is 0.437. The van der Waals surface area contributed by atoms with Crippen LogP contribution in [0.1, 0.15) is 27.5 Å². The van der Waals surface area contributed by atoms with Crippen molar-refractivity contribution in [1.82, 2.24) is 9.97 Å². The number of thioether (sulfide) groups is 1. The van der Waals surface area contributed by atoms with Crippen molar-refractivity contribution in [2.24, 2.45) is 0 Å². The molecule has 0 fully saturated rings. The van der Waals surface area contributed by atoms with Crippen molar-refractivity contribution < 1.29 is 5.11 Å². The Morgan fingerprint density at radius 2 is 1.34 bits per heavy atom. The first-order chi connectivity index (χ1) is 14.2. The fourth-order valence-corrected chi connectivity index (χ4v) is 4.28. The summed E-state index contributed by atoms with van der Waals surface area (Å²) in [4.78, 5) is 19.8. The molecule has 1 aromatic heterocycles. The molecule has 0 saturated heterocycles. The van der Waals surface area contributed by atoms with E-state index in [4.69, 9.17) is 0 Å². The van der Waals surface area contributed by atoms with Crippen LogP contribution in [0.25, 0.3) is 0 Å². The maximum absolute atomic E-state index is 12.7. The predicted molar refractivity (Wildman–Crippen MR) is 116 cm³/mol. The molecule has 0 atom stereocenters. The van der Waals surface area contributed by atoms with Gasteiger partial charge in [0.05, 0.1) is 10.8 Å². The van der Waals surface area contributed by atoms with E-state index in [9.17, 15) is 9.90 Å². The van der Waals surface area contributed by atoms with Gasteiger partial charge in [0.15, 0.2) is 5.16 Å². The molecule has 0 spiro atoms. The highest BCUT2D eigenvalue weighted by Crippen LogP contribution is 2.39. The average Bonchev–Trinajstić information content (AvgIpc) is 2.76. The summed E-state index contributed by atoms with van der Waals surface area (Å²) in [6, 6.07) is 29.7. The molecule has 4 nitrogen and oxygen atoms in total. The van der Waals surface area contributed by atoms with Crippen LogP contribution < -0.4 is 5.56 Å². The molecule has 5 heteroatoms. The molecule has 29 heavy (non-hydrogen) atoms. The summed E-state index contributed by atoms with van der Waals surface area (Å²) in [6.07, 6.45) is 0.334. The van der Waals surface area contributed by atoms with Crippen molar-refractivity contribution in [2.45, 2.75) is 16.8 Å². The SMILES string of the molecule is O=c1[nH]c(SC(c2ccccc2)c2ccccc2)nc(O)c1Cc1ccccc1. The van der Waals surface area contributed by atoms with Gasteiger partial charge in [-0.1, -0.05) is 103 Å². The van der Waals surface area contributed by atoms with Crippen LogP contribution in [0.15, 0.2) is 101 Å². The van der Waals surface area contributed by atoms with E-state index < -0.39 is 0 Å². The van der Waals surface area contributed by atoms with Crippen LogP contribution in [0.4, 0.5) is 0 Å². The molecule has 2 N–H and O–H groups in total. The first-order valence-electron chi connectivity index (χ1n) is 9.33. The van der Waals surface area contributed by atoms with Gasteiger partial charge in [-0.25, -0.2) is 0 Å². The molecule has 144 valence electrons. The second-order valence-corrected chi connectivity index (χ2v) is 7.75. The molecule has 0 aliphatic heterocycles. The molecule has 0 aliphatic rings. The maximum atomic E-state index is 12.7. The van der Waals surface area contributed by atoms with E-state index in [2.05, 4.69) is 9.97 Å². The Bertz CT molecular complexity index is 1090. The van der Waals surface area contributed by atoms with Gasteiger partial charge in [-0.15, -0.1) is 0 Å². The summed E-state index contributed by atoms with van der Waals surface area (Å²) in [7, 11) is 0. The minimum atomic E-state index is -0.316. The van der Waals surface area contributed by atoms with Crippen LogP contribution in [0, 0.1) is 0 Å². The molecule has 0 radical (unpaired) electrons. The van der Waals surface area contributed by atoms with Crippen LogP contribution in [0.2, 0.25) is 0 Å². The minimum Gasteiger partial charge on any atom is -0.493 e. The maximum Gasteiger partial charge on any atom is 0.258 e. The van der Waals surface area contributed by atoms with Gasteiger partial charge in [0, 0.05) is 6.42 Å². The zero-order valence-corrected chi connectivity index (χ0v) is 16.5. The second-order valence-electron chi connectivity index (χ2n) is 6.65. The largest absolute Gasteiger partial charge is 0.493 e. The van der Waals surface area contributed by atoms with Crippen LogP contribution in [-0.2, 0) is 6.42 Å². The van der Waals surface area contributed by atoms with E-state index in [1.54, 1.807) is 0 Å². The summed E-state index contributed by atoms with van der Waals surface area (Å²) >= 11 is 1.41. The van der Waals surface area contributed by atoms with Gasteiger partial charge < -0.3 is 10.1 Å². The molecular weight excluding hydrogens is 380 g/mol. The highest BCUT2D eigenvalue weighted by Gasteiger charge is 2.19. The van der Waals surface area contributed by atoms with E-state index >= 15 is 0 Å². The van der Waals surface area contributed by atoms with Gasteiger partial charge in [0.25, 0.3) is 5.56 Å². The Morgan fingerprint density at radius 1 is 0.828 bits per heavy atom. The highest BCUT2D eigenvalue weighted by atomic mass is 32.2. The lowest BCUT2D eigenvalue weighted by atomic mass is 10.0. The molecule has 3 aromatic carbocycles. The number of aromatic amines is 1. The van der Waals surface area contributed by atoms with Gasteiger partial charge in [-0.3, -0.25) is 4.79 Å². The topological polar surface area (TPSA) is 66.0 Å². The fraction of sp³-hybridized carbons (Fsp3) is 0.0833. The third-order valence-electron chi connectivity index (χ3n) is 4.63. The third-order valence-corrected chi connectivity index (χ3v) is 5.83. The Kier molecular flexibility index (Phi) is 5.77. The molecule has 0 unspecified atom stereocenters. The number of aromatic hydroxyl groups is 1. The number of aromatic nitrogens is 2. The smallest absolute Gasteiger partial charge is 0.258 e. The Balaban J connectivity index is 1.66. The van der Waals surface area contributed by atoms with Crippen molar-refractivity contribution in [1.29, 1.82) is 0 Å². The zero-order valence-electron chi connectivity index (χ0n) is 15.7. The lowest BCUT2D eigenvalue weighted by Gasteiger charge is -2.17. The Labute approximate surface area is 173 Å². The van der Waals surface area contributed by atoms with E-state index in [1.165, 1.54) is 11.8 Å². The second kappa shape index (κ2) is 8.80. The lowest BCUT2D eigenvalue weighted by Crippen LogP contribution is -2.16. The summed E-state index contributed by atoms with van der Waals surface area (Å²) < 4.78 is 0. The number of rotatable bonds is 6. The molecule has 0 aliphatic carbocycles. The number of nitrogens with one attached hydrogen (secondary N) is 1. The van der Waals surface area contributed by atoms with Gasteiger partial charge in [0.2, 0.25) is 5.88 Å². The Hall–Kier alpha value is -3.31. The predicted octanol–water partition coefficient (Wildman–Crippen LogP) is 4.95. The fourth-order valence-electron chi connectivity index (χ4n) is 3.18. The Morgan fingerprint density at radius 3 is 1.86 bits per heavy atom. The van der Waals surface area contributed by atoms with E-state index in [1.807, 2.05) is 91.0 Å². The molecule has 0 amide bonds. The quantitative estimate of drug-likeness (QED) is 0.355. The number of benzene rings is 3. The van der Waals surface area contributed by atoms with Crippen molar-refractivity contribution in [3.63, 3.8) is 0 Å². The van der Waals surface area contributed by atoms with Crippen molar-refractivity contribution in [3.05, 3.63) is 124 Å². The van der Waals surface area contributed by atoms with Crippen LogP contribution in [-0.4, -0.2) is 15.1 Å². The number of nitrogens with zero attached hydrogens (tertiary/aromatic N) is 1. The summed E-state index contributed by atoms with van der Waals surface area (Å²) in [5.74, 6) is -0.222. The van der Waals surface area contributed by atoms with Crippen molar-refractivity contribution in [3.8, 4) is 5.88 Å². The van der Waals surface area contributed by atoms with Gasteiger partial charge in [-0.05, 0) is 16.7 Å². The van der Waals surface area contributed by atoms with Gasteiger partial charge >= 0.3 is 0 Å². The van der Waals surface area contributed by atoms with Crippen molar-refractivity contribution >= 4 is 11.8 Å². The summed E-state index contributed by atoms with van der Waals surface area (Å²) in [6.45, 7) is 0. The average molecular weight is 401 g/mol. The molecule has 0 bridgehead atoms. The molecular formula is C24H20N2O2S.